The standard InChI is InChI=1S/C13H18O4/c1-3-17-12-7-5-4-6-10(12)11(14)8-9-13(15)16-2/h4-7,11,14H,3,8-9H2,1-2H3. The maximum absolute atomic E-state index is 11.0. The minimum atomic E-state index is -0.711. The lowest BCUT2D eigenvalue weighted by Gasteiger charge is -2.14. The predicted octanol–water partition coefficient (Wildman–Crippen LogP) is 2.07. The molecule has 0 aromatic heterocycles. The molecule has 0 spiro atoms. The predicted molar refractivity (Wildman–Crippen MR) is 63.8 cm³/mol. The van der Waals surface area contributed by atoms with E-state index in [-0.39, 0.29) is 12.4 Å². The third kappa shape index (κ3) is 4.07. The quantitative estimate of drug-likeness (QED) is 0.771. The number of hydrogen-bond donors (Lipinski definition) is 1. The molecular weight excluding hydrogens is 220 g/mol. The summed E-state index contributed by atoms with van der Waals surface area (Å²) in [7, 11) is 1.34. The van der Waals surface area contributed by atoms with Gasteiger partial charge in [0.1, 0.15) is 5.75 Å². The average Bonchev–Trinajstić information content (AvgIpc) is 2.36. The third-order valence-electron chi connectivity index (χ3n) is 2.43. The van der Waals surface area contributed by atoms with E-state index in [1.165, 1.54) is 7.11 Å². The summed E-state index contributed by atoms with van der Waals surface area (Å²) in [4.78, 5) is 11.0. The smallest absolute Gasteiger partial charge is 0.305 e. The number of esters is 1. The van der Waals surface area contributed by atoms with Gasteiger partial charge in [0.25, 0.3) is 0 Å². The highest BCUT2D eigenvalue weighted by atomic mass is 16.5. The van der Waals surface area contributed by atoms with Crippen LogP contribution < -0.4 is 4.74 Å². The Morgan fingerprint density at radius 2 is 2.12 bits per heavy atom. The first kappa shape index (κ1) is 13.5. The van der Waals surface area contributed by atoms with Gasteiger partial charge in [-0.3, -0.25) is 4.79 Å². The van der Waals surface area contributed by atoms with Crippen molar-refractivity contribution in [1.29, 1.82) is 0 Å². The minimum absolute atomic E-state index is 0.193. The Balaban J connectivity index is 2.67. The van der Waals surface area contributed by atoms with Crippen LogP contribution in [-0.2, 0) is 9.53 Å². The Morgan fingerprint density at radius 1 is 1.41 bits per heavy atom. The Hall–Kier alpha value is -1.55. The monoisotopic (exact) mass is 238 g/mol. The van der Waals surface area contributed by atoms with Crippen molar-refractivity contribution in [2.75, 3.05) is 13.7 Å². The van der Waals surface area contributed by atoms with E-state index in [9.17, 15) is 9.90 Å². The SMILES string of the molecule is CCOc1ccccc1C(O)CCC(=O)OC. The van der Waals surface area contributed by atoms with Crippen molar-refractivity contribution in [2.24, 2.45) is 0 Å². The number of carbonyl (C=O) groups is 1. The molecule has 0 aliphatic heterocycles. The molecule has 0 bridgehead atoms. The maximum Gasteiger partial charge on any atom is 0.305 e. The summed E-state index contributed by atoms with van der Waals surface area (Å²) < 4.78 is 9.95. The molecule has 1 aromatic carbocycles. The Morgan fingerprint density at radius 3 is 2.76 bits per heavy atom. The van der Waals surface area contributed by atoms with Crippen LogP contribution in [0.3, 0.4) is 0 Å². The van der Waals surface area contributed by atoms with Gasteiger partial charge in [-0.25, -0.2) is 0 Å². The molecule has 0 amide bonds. The molecule has 1 unspecified atom stereocenters. The summed E-state index contributed by atoms with van der Waals surface area (Å²) in [6.45, 7) is 2.43. The van der Waals surface area contributed by atoms with Gasteiger partial charge in [-0.2, -0.15) is 0 Å². The minimum Gasteiger partial charge on any atom is -0.493 e. The van der Waals surface area contributed by atoms with Crippen LogP contribution in [0.5, 0.6) is 5.75 Å². The van der Waals surface area contributed by atoms with Crippen LogP contribution in [0.4, 0.5) is 0 Å². The van der Waals surface area contributed by atoms with Crippen LogP contribution in [0.25, 0.3) is 0 Å². The Kier molecular flexibility index (Phi) is 5.49. The summed E-state index contributed by atoms with van der Waals surface area (Å²) >= 11 is 0. The second-order valence-electron chi connectivity index (χ2n) is 3.60. The van der Waals surface area contributed by atoms with Gasteiger partial charge in [0, 0.05) is 12.0 Å². The number of hydrogen-bond acceptors (Lipinski definition) is 4. The molecule has 0 heterocycles. The van der Waals surface area contributed by atoms with E-state index in [1.54, 1.807) is 12.1 Å². The largest absolute Gasteiger partial charge is 0.493 e. The van der Waals surface area contributed by atoms with Gasteiger partial charge in [0.2, 0.25) is 0 Å². The van der Waals surface area contributed by atoms with E-state index < -0.39 is 6.10 Å². The van der Waals surface area contributed by atoms with Gasteiger partial charge >= 0.3 is 5.97 Å². The molecule has 1 atom stereocenters. The van der Waals surface area contributed by atoms with E-state index in [0.29, 0.717) is 24.3 Å². The van der Waals surface area contributed by atoms with Crippen molar-refractivity contribution >= 4 is 5.97 Å². The second-order valence-corrected chi connectivity index (χ2v) is 3.60. The number of para-hydroxylation sites is 1. The number of rotatable bonds is 6. The van der Waals surface area contributed by atoms with Gasteiger partial charge in [-0.15, -0.1) is 0 Å². The summed E-state index contributed by atoms with van der Waals surface area (Å²) in [5, 5.41) is 9.98. The maximum atomic E-state index is 11.0. The molecule has 4 heteroatoms. The highest BCUT2D eigenvalue weighted by Gasteiger charge is 2.14. The number of aliphatic hydroxyl groups excluding tert-OH is 1. The number of aliphatic hydroxyl groups is 1. The average molecular weight is 238 g/mol. The van der Waals surface area contributed by atoms with Gasteiger partial charge in [-0.1, -0.05) is 18.2 Å². The number of benzene rings is 1. The molecule has 94 valence electrons. The first-order valence-electron chi connectivity index (χ1n) is 5.65. The first-order chi connectivity index (χ1) is 8.19. The van der Waals surface area contributed by atoms with Crippen LogP contribution in [0, 0.1) is 0 Å². The fourth-order valence-electron chi connectivity index (χ4n) is 1.55. The molecule has 0 aliphatic rings. The Labute approximate surface area is 101 Å². The molecule has 4 nitrogen and oxygen atoms in total. The molecule has 1 N–H and O–H groups in total. The fraction of sp³-hybridized carbons (Fsp3) is 0.462. The van der Waals surface area contributed by atoms with Crippen molar-refractivity contribution in [3.8, 4) is 5.75 Å². The zero-order valence-corrected chi connectivity index (χ0v) is 10.2. The molecule has 0 aliphatic carbocycles. The summed E-state index contributed by atoms with van der Waals surface area (Å²) in [5.74, 6) is 0.338. The molecular formula is C13H18O4. The van der Waals surface area contributed by atoms with E-state index in [4.69, 9.17) is 4.74 Å². The lowest BCUT2D eigenvalue weighted by Crippen LogP contribution is -2.06. The van der Waals surface area contributed by atoms with Crippen LogP contribution >= 0.6 is 0 Å². The zero-order valence-electron chi connectivity index (χ0n) is 10.2. The normalized spacial score (nSPS) is 11.9. The molecule has 0 saturated carbocycles. The van der Waals surface area contributed by atoms with Gasteiger partial charge in [0.15, 0.2) is 0 Å². The highest BCUT2D eigenvalue weighted by molar-refractivity contribution is 5.69. The summed E-state index contributed by atoms with van der Waals surface area (Å²) in [6, 6.07) is 7.29. The van der Waals surface area contributed by atoms with Gasteiger partial charge in [0.05, 0.1) is 19.8 Å². The van der Waals surface area contributed by atoms with E-state index in [1.807, 2.05) is 19.1 Å². The lowest BCUT2D eigenvalue weighted by atomic mass is 10.0. The van der Waals surface area contributed by atoms with E-state index >= 15 is 0 Å². The van der Waals surface area contributed by atoms with Crippen LogP contribution in [0.15, 0.2) is 24.3 Å². The van der Waals surface area contributed by atoms with Crippen molar-refractivity contribution < 1.29 is 19.4 Å². The number of carbonyl (C=O) groups excluding carboxylic acids is 1. The molecule has 17 heavy (non-hydrogen) atoms. The van der Waals surface area contributed by atoms with Crippen LogP contribution in [0.1, 0.15) is 31.4 Å². The van der Waals surface area contributed by atoms with E-state index in [2.05, 4.69) is 4.74 Å². The van der Waals surface area contributed by atoms with Crippen LogP contribution in [0.2, 0.25) is 0 Å². The molecule has 0 radical (unpaired) electrons. The number of methoxy groups -OCH3 is 1. The van der Waals surface area contributed by atoms with Crippen molar-refractivity contribution in [1.82, 2.24) is 0 Å². The lowest BCUT2D eigenvalue weighted by molar-refractivity contribution is -0.141. The van der Waals surface area contributed by atoms with Crippen molar-refractivity contribution in [3.63, 3.8) is 0 Å². The second kappa shape index (κ2) is 6.91. The highest BCUT2D eigenvalue weighted by Crippen LogP contribution is 2.27. The molecule has 0 fully saturated rings. The topological polar surface area (TPSA) is 55.8 Å². The van der Waals surface area contributed by atoms with Gasteiger partial charge < -0.3 is 14.6 Å². The van der Waals surface area contributed by atoms with E-state index in [0.717, 1.165) is 0 Å². The van der Waals surface area contributed by atoms with Crippen molar-refractivity contribution in [3.05, 3.63) is 29.8 Å². The molecule has 0 saturated heterocycles. The fourth-order valence-corrected chi connectivity index (χ4v) is 1.55. The zero-order chi connectivity index (χ0) is 12.7. The third-order valence-corrected chi connectivity index (χ3v) is 2.43. The molecule has 1 aromatic rings. The summed E-state index contributed by atoms with van der Waals surface area (Å²) in [6.07, 6.45) is -0.189. The van der Waals surface area contributed by atoms with Crippen LogP contribution in [-0.4, -0.2) is 24.8 Å². The van der Waals surface area contributed by atoms with Gasteiger partial charge in [-0.05, 0) is 19.4 Å². The summed E-state index contributed by atoms with van der Waals surface area (Å²) in [5.41, 5.74) is 0.707. The first-order valence-corrected chi connectivity index (χ1v) is 5.65. The Bertz CT molecular complexity index is 362. The molecule has 1 rings (SSSR count). The number of ether oxygens (including phenoxy) is 2. The van der Waals surface area contributed by atoms with Crippen molar-refractivity contribution in [2.45, 2.75) is 25.9 Å².